The Balaban J connectivity index is 1.43. The summed E-state index contributed by atoms with van der Waals surface area (Å²) in [6, 6.07) is 16.8. The van der Waals surface area contributed by atoms with Crippen LogP contribution < -0.4 is 20.5 Å². The monoisotopic (exact) mass is 391 g/mol. The van der Waals surface area contributed by atoms with Gasteiger partial charge in [0.1, 0.15) is 5.75 Å². The number of nitrogens with zero attached hydrogens (tertiary/aromatic N) is 1. The van der Waals surface area contributed by atoms with Gasteiger partial charge in [0.05, 0.1) is 12.6 Å². The molecule has 1 fully saturated rings. The molecule has 0 radical (unpaired) electrons. The number of aromatic amines is 1. The first-order chi connectivity index (χ1) is 14.1. The fourth-order valence-corrected chi connectivity index (χ4v) is 4.17. The van der Waals surface area contributed by atoms with Crippen LogP contribution in [0.1, 0.15) is 37.7 Å². The molecule has 2 N–H and O–H groups in total. The van der Waals surface area contributed by atoms with E-state index >= 15 is 0 Å². The van der Waals surface area contributed by atoms with Crippen LogP contribution in [0.2, 0.25) is 0 Å². The number of fused-ring (bicyclic) bond motifs is 1. The minimum atomic E-state index is -0.0769. The van der Waals surface area contributed by atoms with E-state index in [9.17, 15) is 4.79 Å². The number of pyridine rings is 1. The molecular weight excluding hydrogens is 362 g/mol. The Hall–Kier alpha value is -2.95. The molecule has 0 atom stereocenters. The fourth-order valence-electron chi connectivity index (χ4n) is 4.17. The van der Waals surface area contributed by atoms with Crippen molar-refractivity contribution >= 4 is 22.3 Å². The molecule has 152 valence electrons. The van der Waals surface area contributed by atoms with Gasteiger partial charge < -0.3 is 19.9 Å². The van der Waals surface area contributed by atoms with Gasteiger partial charge in [0.15, 0.2) is 0 Å². The number of hydrogen-bond donors (Lipinski definition) is 2. The van der Waals surface area contributed by atoms with E-state index in [1.54, 1.807) is 7.11 Å². The molecule has 0 amide bonds. The Morgan fingerprint density at radius 1 is 1.07 bits per heavy atom. The summed E-state index contributed by atoms with van der Waals surface area (Å²) in [5.41, 5.74) is 3.69. The molecule has 3 aromatic rings. The maximum atomic E-state index is 12.4. The molecule has 0 bridgehead atoms. The average molecular weight is 392 g/mol. The van der Waals surface area contributed by atoms with E-state index in [0.717, 1.165) is 22.3 Å². The number of methoxy groups -OCH3 is 1. The van der Waals surface area contributed by atoms with Crippen LogP contribution in [0.3, 0.4) is 0 Å². The summed E-state index contributed by atoms with van der Waals surface area (Å²) in [6.07, 6.45) is 6.61. The lowest BCUT2D eigenvalue weighted by molar-refractivity contribution is 0.415. The lowest BCUT2D eigenvalue weighted by Crippen LogP contribution is -2.33. The van der Waals surface area contributed by atoms with Crippen molar-refractivity contribution in [2.75, 3.05) is 24.4 Å². The Morgan fingerprint density at radius 3 is 2.55 bits per heavy atom. The minimum absolute atomic E-state index is 0.0769. The van der Waals surface area contributed by atoms with Crippen LogP contribution in [0.5, 0.6) is 5.75 Å². The zero-order valence-electron chi connectivity index (χ0n) is 17.2. The third-order valence-electron chi connectivity index (χ3n) is 6.01. The van der Waals surface area contributed by atoms with Crippen molar-refractivity contribution in [2.24, 2.45) is 0 Å². The Kier molecular flexibility index (Phi) is 5.74. The van der Waals surface area contributed by atoms with Crippen molar-refractivity contribution in [1.29, 1.82) is 0 Å². The molecule has 5 nitrogen and oxygen atoms in total. The molecule has 0 spiro atoms. The average Bonchev–Trinajstić information content (AvgIpc) is 2.77. The fraction of sp³-hybridized carbons (Fsp3) is 0.375. The highest BCUT2D eigenvalue weighted by molar-refractivity contribution is 5.80. The Labute approximate surface area is 171 Å². The first kappa shape index (κ1) is 19.4. The van der Waals surface area contributed by atoms with Gasteiger partial charge in [-0.15, -0.1) is 0 Å². The second-order valence-corrected chi connectivity index (χ2v) is 7.88. The highest BCUT2D eigenvalue weighted by Gasteiger charge is 2.18. The third-order valence-corrected chi connectivity index (χ3v) is 6.01. The van der Waals surface area contributed by atoms with Gasteiger partial charge in [-0.2, -0.15) is 0 Å². The molecule has 0 aliphatic heterocycles. The van der Waals surface area contributed by atoms with E-state index in [2.05, 4.69) is 46.5 Å². The van der Waals surface area contributed by atoms with E-state index < -0.39 is 0 Å². The van der Waals surface area contributed by atoms with E-state index in [1.807, 2.05) is 24.3 Å². The van der Waals surface area contributed by atoms with Crippen LogP contribution in [-0.4, -0.2) is 25.2 Å². The maximum absolute atomic E-state index is 12.4. The topological polar surface area (TPSA) is 57.4 Å². The molecule has 0 unspecified atom stereocenters. The Morgan fingerprint density at radius 2 is 1.83 bits per heavy atom. The van der Waals surface area contributed by atoms with Crippen molar-refractivity contribution in [1.82, 2.24) is 4.98 Å². The number of rotatable bonds is 6. The van der Waals surface area contributed by atoms with Crippen LogP contribution in [0.25, 0.3) is 10.9 Å². The highest BCUT2D eigenvalue weighted by atomic mass is 16.5. The van der Waals surface area contributed by atoms with Crippen molar-refractivity contribution in [3.63, 3.8) is 0 Å². The Bertz CT molecular complexity index is 1020. The predicted molar refractivity (Wildman–Crippen MR) is 120 cm³/mol. The number of anilines is 2. The van der Waals surface area contributed by atoms with Crippen LogP contribution in [0.4, 0.5) is 11.4 Å². The molecule has 5 heteroatoms. The second kappa shape index (κ2) is 8.60. The molecular formula is C24H29N3O2. The summed E-state index contributed by atoms with van der Waals surface area (Å²) in [4.78, 5) is 17.8. The second-order valence-electron chi connectivity index (χ2n) is 7.88. The highest BCUT2D eigenvalue weighted by Crippen LogP contribution is 2.27. The standard InChI is InChI=1S/C24H29N3O2/c1-27(20-6-4-3-5-7-20)21-11-9-19(10-12-21)25-16-18-14-17-8-13-22(29-2)15-23(17)26-24(18)28/h8-15,20,25H,3-7,16H2,1-2H3,(H,26,28). The molecule has 0 saturated heterocycles. The smallest absolute Gasteiger partial charge is 0.253 e. The van der Waals surface area contributed by atoms with Gasteiger partial charge in [-0.05, 0) is 60.7 Å². The third kappa shape index (κ3) is 4.39. The van der Waals surface area contributed by atoms with Gasteiger partial charge in [0.2, 0.25) is 0 Å². The molecule has 1 saturated carbocycles. The van der Waals surface area contributed by atoms with Crippen molar-refractivity contribution < 1.29 is 4.74 Å². The number of hydrogen-bond acceptors (Lipinski definition) is 4. The molecule has 2 aromatic carbocycles. The largest absolute Gasteiger partial charge is 0.497 e. The predicted octanol–water partition coefficient (Wildman–Crippen LogP) is 4.92. The first-order valence-corrected chi connectivity index (χ1v) is 10.4. The van der Waals surface area contributed by atoms with E-state index in [1.165, 1.54) is 37.8 Å². The zero-order valence-corrected chi connectivity index (χ0v) is 17.2. The van der Waals surface area contributed by atoms with Gasteiger partial charge in [0.25, 0.3) is 5.56 Å². The van der Waals surface area contributed by atoms with Gasteiger partial charge in [-0.3, -0.25) is 4.79 Å². The first-order valence-electron chi connectivity index (χ1n) is 10.4. The van der Waals surface area contributed by atoms with E-state index in [0.29, 0.717) is 18.2 Å². The quantitative estimate of drug-likeness (QED) is 0.626. The molecule has 4 rings (SSSR count). The molecule has 1 aliphatic rings. The van der Waals surface area contributed by atoms with Crippen molar-refractivity contribution in [2.45, 2.75) is 44.7 Å². The van der Waals surface area contributed by atoms with Gasteiger partial charge in [-0.1, -0.05) is 19.3 Å². The SMILES string of the molecule is COc1ccc2cc(CNc3ccc(N(C)C4CCCCC4)cc3)c(=O)[nH]c2c1. The lowest BCUT2D eigenvalue weighted by Gasteiger charge is -2.33. The molecule has 1 heterocycles. The lowest BCUT2D eigenvalue weighted by atomic mass is 9.94. The van der Waals surface area contributed by atoms with Gasteiger partial charge >= 0.3 is 0 Å². The summed E-state index contributed by atoms with van der Waals surface area (Å²) < 4.78 is 5.22. The van der Waals surface area contributed by atoms with Crippen LogP contribution in [0.15, 0.2) is 53.3 Å². The van der Waals surface area contributed by atoms with Gasteiger partial charge in [-0.25, -0.2) is 0 Å². The maximum Gasteiger partial charge on any atom is 0.253 e. The van der Waals surface area contributed by atoms with Crippen LogP contribution >= 0.6 is 0 Å². The van der Waals surface area contributed by atoms with Crippen LogP contribution in [-0.2, 0) is 6.54 Å². The normalized spacial score (nSPS) is 14.7. The summed E-state index contributed by atoms with van der Waals surface area (Å²) in [5.74, 6) is 0.734. The van der Waals surface area contributed by atoms with Gasteiger partial charge in [0, 0.05) is 42.6 Å². The van der Waals surface area contributed by atoms with Crippen molar-refractivity contribution in [3.8, 4) is 5.75 Å². The van der Waals surface area contributed by atoms with Crippen molar-refractivity contribution in [3.05, 3.63) is 64.4 Å². The number of ether oxygens (including phenoxy) is 1. The molecule has 1 aliphatic carbocycles. The number of benzene rings is 2. The summed E-state index contributed by atoms with van der Waals surface area (Å²) >= 11 is 0. The minimum Gasteiger partial charge on any atom is -0.497 e. The summed E-state index contributed by atoms with van der Waals surface area (Å²) in [6.45, 7) is 0.481. The van der Waals surface area contributed by atoms with Crippen LogP contribution in [0, 0.1) is 0 Å². The summed E-state index contributed by atoms with van der Waals surface area (Å²) in [7, 11) is 3.82. The molecule has 1 aromatic heterocycles. The molecule has 29 heavy (non-hydrogen) atoms. The summed E-state index contributed by atoms with van der Waals surface area (Å²) in [5, 5.41) is 4.36. The number of H-pyrrole nitrogens is 1. The number of aromatic nitrogens is 1. The zero-order chi connectivity index (χ0) is 20.2. The van der Waals surface area contributed by atoms with E-state index in [-0.39, 0.29) is 5.56 Å². The number of nitrogens with one attached hydrogen (secondary N) is 2. The van der Waals surface area contributed by atoms with E-state index in [4.69, 9.17) is 4.74 Å².